The minimum atomic E-state index is -0.547. The highest BCUT2D eigenvalue weighted by molar-refractivity contribution is 7.80. The van der Waals surface area contributed by atoms with Crippen molar-refractivity contribution in [3.63, 3.8) is 0 Å². The number of anilines is 1. The minimum absolute atomic E-state index is 0.0800. The third kappa shape index (κ3) is 4.51. The Morgan fingerprint density at radius 2 is 2.00 bits per heavy atom. The van der Waals surface area contributed by atoms with Crippen LogP contribution in [0.4, 0.5) is 11.4 Å². The highest BCUT2D eigenvalue weighted by Crippen LogP contribution is 2.24. The van der Waals surface area contributed by atoms with Crippen LogP contribution in [-0.4, -0.2) is 16.3 Å². The van der Waals surface area contributed by atoms with Gasteiger partial charge in [0.05, 0.1) is 11.1 Å². The van der Waals surface area contributed by atoms with Crippen LogP contribution in [0, 0.1) is 10.1 Å². The number of rotatable bonds is 4. The van der Waals surface area contributed by atoms with Crippen LogP contribution in [0.2, 0.25) is 5.02 Å². The summed E-state index contributed by atoms with van der Waals surface area (Å²) in [7, 11) is 0. The van der Waals surface area contributed by atoms with E-state index < -0.39 is 4.92 Å². The fraction of sp³-hybridized carbons (Fsp3) is 0. The van der Waals surface area contributed by atoms with Crippen LogP contribution >= 0.6 is 23.8 Å². The van der Waals surface area contributed by atoms with E-state index in [9.17, 15) is 10.1 Å². The maximum atomic E-state index is 10.8. The molecule has 0 amide bonds. The largest absolute Gasteiger partial charge is 0.331 e. The average molecular weight is 335 g/mol. The van der Waals surface area contributed by atoms with E-state index in [0.29, 0.717) is 10.7 Å². The summed E-state index contributed by atoms with van der Waals surface area (Å²) in [6.45, 7) is 0. The van der Waals surface area contributed by atoms with Crippen LogP contribution in [0.25, 0.3) is 0 Å². The zero-order valence-corrected chi connectivity index (χ0v) is 12.8. The molecular formula is C14H11ClN4O2S. The van der Waals surface area contributed by atoms with Crippen molar-refractivity contribution in [3.05, 3.63) is 69.2 Å². The maximum Gasteiger partial charge on any atom is 0.288 e. The number of thiocarbonyl (C=S) groups is 1. The Hall–Kier alpha value is -2.51. The molecular weight excluding hydrogens is 324 g/mol. The molecule has 0 aliphatic rings. The van der Waals surface area contributed by atoms with Gasteiger partial charge in [-0.25, -0.2) is 0 Å². The van der Waals surface area contributed by atoms with Gasteiger partial charge >= 0.3 is 0 Å². The van der Waals surface area contributed by atoms with Gasteiger partial charge in [0, 0.05) is 17.3 Å². The Bertz CT molecular complexity index is 722. The normalized spacial score (nSPS) is 10.4. The van der Waals surface area contributed by atoms with Crippen molar-refractivity contribution < 1.29 is 4.92 Å². The van der Waals surface area contributed by atoms with Gasteiger partial charge in [0.1, 0.15) is 5.02 Å². The monoisotopic (exact) mass is 334 g/mol. The van der Waals surface area contributed by atoms with E-state index >= 15 is 0 Å². The fourth-order valence-corrected chi connectivity index (χ4v) is 1.95. The molecule has 0 aliphatic carbocycles. The lowest BCUT2D eigenvalue weighted by atomic mass is 10.2. The number of nitro benzene ring substituents is 1. The van der Waals surface area contributed by atoms with Crippen molar-refractivity contribution in [2.24, 2.45) is 5.10 Å². The van der Waals surface area contributed by atoms with Gasteiger partial charge in [0.2, 0.25) is 0 Å². The highest BCUT2D eigenvalue weighted by atomic mass is 35.5. The van der Waals surface area contributed by atoms with Gasteiger partial charge in [0.15, 0.2) is 5.11 Å². The molecule has 0 radical (unpaired) electrons. The second-order valence-corrected chi connectivity index (χ2v) is 4.97. The number of nitrogens with zero attached hydrogens (tertiary/aromatic N) is 2. The predicted molar refractivity (Wildman–Crippen MR) is 91.5 cm³/mol. The third-order valence-electron chi connectivity index (χ3n) is 2.58. The molecule has 2 rings (SSSR count). The van der Waals surface area contributed by atoms with Crippen molar-refractivity contribution in [2.75, 3.05) is 5.32 Å². The second kappa shape index (κ2) is 7.48. The van der Waals surface area contributed by atoms with Gasteiger partial charge in [0.25, 0.3) is 5.69 Å². The number of nitrogens with one attached hydrogen (secondary N) is 2. The van der Waals surface area contributed by atoms with Crippen LogP contribution in [0.1, 0.15) is 5.56 Å². The molecule has 22 heavy (non-hydrogen) atoms. The molecule has 0 aromatic heterocycles. The number of para-hydroxylation sites is 1. The summed E-state index contributed by atoms with van der Waals surface area (Å²) >= 11 is 10.8. The Morgan fingerprint density at radius 1 is 1.27 bits per heavy atom. The summed E-state index contributed by atoms with van der Waals surface area (Å²) in [4.78, 5) is 10.2. The molecule has 0 spiro atoms. The summed E-state index contributed by atoms with van der Waals surface area (Å²) < 4.78 is 0. The summed E-state index contributed by atoms with van der Waals surface area (Å²) in [5.74, 6) is 0. The van der Waals surface area contributed by atoms with Gasteiger partial charge in [-0.2, -0.15) is 5.10 Å². The predicted octanol–water partition coefficient (Wildman–Crippen LogP) is 3.57. The molecule has 2 aromatic carbocycles. The summed E-state index contributed by atoms with van der Waals surface area (Å²) in [5.41, 5.74) is 3.82. The van der Waals surface area contributed by atoms with Gasteiger partial charge in [-0.15, -0.1) is 0 Å². The molecule has 0 fully saturated rings. The maximum absolute atomic E-state index is 10.8. The zero-order valence-electron chi connectivity index (χ0n) is 11.2. The average Bonchev–Trinajstić information content (AvgIpc) is 2.49. The summed E-state index contributed by atoms with van der Waals surface area (Å²) in [6.07, 6.45) is 1.42. The molecule has 6 nitrogen and oxygen atoms in total. The Labute approximate surface area is 136 Å². The summed E-state index contributed by atoms with van der Waals surface area (Å²) in [6, 6.07) is 13.8. The van der Waals surface area contributed by atoms with Crippen LogP contribution < -0.4 is 10.7 Å². The number of benzene rings is 2. The lowest BCUT2D eigenvalue weighted by molar-refractivity contribution is -0.384. The first-order chi connectivity index (χ1) is 10.6. The molecule has 0 saturated carbocycles. The van der Waals surface area contributed by atoms with E-state index in [-0.39, 0.29) is 10.7 Å². The fourth-order valence-electron chi connectivity index (χ4n) is 1.60. The lowest BCUT2D eigenvalue weighted by Gasteiger charge is -2.06. The minimum Gasteiger partial charge on any atom is -0.331 e. The van der Waals surface area contributed by atoms with Crippen molar-refractivity contribution >= 4 is 46.5 Å². The molecule has 0 atom stereocenters. The van der Waals surface area contributed by atoms with Gasteiger partial charge in [-0.05, 0) is 30.4 Å². The SMILES string of the molecule is O=[N+]([O-])c1cc(/C=N/NC(=S)Nc2ccccc2)ccc1Cl. The first-order valence-electron chi connectivity index (χ1n) is 6.15. The number of hydrazone groups is 1. The smallest absolute Gasteiger partial charge is 0.288 e. The second-order valence-electron chi connectivity index (χ2n) is 4.16. The van der Waals surface area contributed by atoms with Crippen molar-refractivity contribution in [1.82, 2.24) is 5.43 Å². The van der Waals surface area contributed by atoms with E-state index in [1.807, 2.05) is 30.3 Å². The van der Waals surface area contributed by atoms with E-state index in [0.717, 1.165) is 5.69 Å². The van der Waals surface area contributed by atoms with E-state index in [4.69, 9.17) is 23.8 Å². The van der Waals surface area contributed by atoms with E-state index in [1.165, 1.54) is 18.3 Å². The number of hydrogen-bond acceptors (Lipinski definition) is 4. The molecule has 0 heterocycles. The topological polar surface area (TPSA) is 79.6 Å². The molecule has 8 heteroatoms. The Balaban J connectivity index is 1.96. The number of nitro groups is 1. The first kappa shape index (κ1) is 15.9. The molecule has 2 N–H and O–H groups in total. The Morgan fingerprint density at radius 3 is 2.68 bits per heavy atom. The highest BCUT2D eigenvalue weighted by Gasteiger charge is 2.11. The van der Waals surface area contributed by atoms with Crippen molar-refractivity contribution in [2.45, 2.75) is 0 Å². The van der Waals surface area contributed by atoms with Gasteiger partial charge < -0.3 is 5.32 Å². The molecule has 0 bridgehead atoms. The zero-order chi connectivity index (χ0) is 15.9. The standard InChI is InChI=1S/C14H11ClN4O2S/c15-12-7-6-10(8-13(12)19(20)21)9-16-18-14(22)17-11-4-2-1-3-5-11/h1-9H,(H2,17,18,22)/b16-9+. The van der Waals surface area contributed by atoms with Crippen molar-refractivity contribution in [3.8, 4) is 0 Å². The van der Waals surface area contributed by atoms with E-state index in [2.05, 4.69) is 15.8 Å². The molecule has 0 saturated heterocycles. The number of hydrogen-bond donors (Lipinski definition) is 2. The quantitative estimate of drug-likeness (QED) is 0.387. The molecule has 0 aliphatic heterocycles. The van der Waals surface area contributed by atoms with Crippen LogP contribution in [-0.2, 0) is 0 Å². The lowest BCUT2D eigenvalue weighted by Crippen LogP contribution is -2.23. The molecule has 112 valence electrons. The van der Waals surface area contributed by atoms with Gasteiger partial charge in [-0.3, -0.25) is 15.5 Å². The third-order valence-corrected chi connectivity index (χ3v) is 3.09. The van der Waals surface area contributed by atoms with Crippen LogP contribution in [0.3, 0.4) is 0 Å². The first-order valence-corrected chi connectivity index (χ1v) is 6.94. The van der Waals surface area contributed by atoms with Gasteiger partial charge in [-0.1, -0.05) is 35.9 Å². The summed E-state index contributed by atoms with van der Waals surface area (Å²) in [5, 5.41) is 18.0. The Kier molecular flexibility index (Phi) is 5.40. The number of halogens is 1. The molecule has 2 aromatic rings. The van der Waals surface area contributed by atoms with Crippen LogP contribution in [0.5, 0.6) is 0 Å². The van der Waals surface area contributed by atoms with E-state index in [1.54, 1.807) is 6.07 Å². The van der Waals surface area contributed by atoms with Crippen LogP contribution in [0.15, 0.2) is 53.6 Å². The van der Waals surface area contributed by atoms with Crippen molar-refractivity contribution in [1.29, 1.82) is 0 Å². The molecule has 0 unspecified atom stereocenters.